The zero-order chi connectivity index (χ0) is 15.2. The number of esters is 1. The Morgan fingerprint density at radius 2 is 1.86 bits per heavy atom. The molecule has 0 aliphatic heterocycles. The summed E-state index contributed by atoms with van der Waals surface area (Å²) in [5.41, 5.74) is 4.31. The van der Waals surface area contributed by atoms with Crippen LogP contribution in [0.2, 0.25) is 0 Å². The van der Waals surface area contributed by atoms with Crippen LogP contribution >= 0.6 is 0 Å². The van der Waals surface area contributed by atoms with Gasteiger partial charge < -0.3 is 10.1 Å². The van der Waals surface area contributed by atoms with Crippen molar-refractivity contribution in [3.8, 4) is 6.07 Å². The van der Waals surface area contributed by atoms with Gasteiger partial charge in [0, 0.05) is 5.69 Å². The highest BCUT2D eigenvalue weighted by atomic mass is 16.5. The van der Waals surface area contributed by atoms with E-state index >= 15 is 0 Å². The van der Waals surface area contributed by atoms with Crippen molar-refractivity contribution in [2.24, 2.45) is 0 Å². The van der Waals surface area contributed by atoms with E-state index in [-0.39, 0.29) is 6.61 Å². The molecule has 0 heterocycles. The second-order valence-corrected chi connectivity index (χ2v) is 4.65. The number of nitrogens with zero attached hydrogens (tertiary/aromatic N) is 1. The van der Waals surface area contributed by atoms with Gasteiger partial charge in [-0.3, -0.25) is 0 Å². The first-order valence-corrected chi connectivity index (χ1v) is 6.60. The highest BCUT2D eigenvalue weighted by Gasteiger charge is 2.13. The molecule has 0 aliphatic rings. The van der Waals surface area contributed by atoms with E-state index in [9.17, 15) is 4.79 Å². The van der Waals surface area contributed by atoms with E-state index < -0.39 is 5.97 Å². The predicted molar refractivity (Wildman–Crippen MR) is 81.5 cm³/mol. The van der Waals surface area contributed by atoms with Crippen molar-refractivity contribution >= 4 is 17.3 Å². The maximum absolute atomic E-state index is 12.0. The van der Waals surface area contributed by atoms with Gasteiger partial charge in [-0.25, -0.2) is 4.79 Å². The number of aryl methyl sites for hydroxylation is 1. The lowest BCUT2D eigenvalue weighted by molar-refractivity contribution is 0.0556. The normalized spacial score (nSPS) is 9.76. The third-order valence-electron chi connectivity index (χ3n) is 3.29. The molecule has 21 heavy (non-hydrogen) atoms. The van der Waals surface area contributed by atoms with Crippen molar-refractivity contribution < 1.29 is 9.53 Å². The molecule has 106 valence electrons. The molecule has 2 aromatic rings. The van der Waals surface area contributed by atoms with E-state index in [0.29, 0.717) is 11.3 Å². The minimum Gasteiger partial charge on any atom is -0.447 e. The number of carbonyl (C=O) groups is 1. The van der Waals surface area contributed by atoms with E-state index in [1.807, 2.05) is 44.2 Å². The molecule has 0 radical (unpaired) electrons. The number of carbonyl (C=O) groups excluding carboxylic acids is 1. The molecule has 0 fully saturated rings. The first-order valence-electron chi connectivity index (χ1n) is 6.60. The Morgan fingerprint density at radius 3 is 2.62 bits per heavy atom. The minimum absolute atomic E-state index is 0.253. The Morgan fingerprint density at radius 1 is 1.14 bits per heavy atom. The van der Waals surface area contributed by atoms with Crippen LogP contribution in [0.4, 0.5) is 11.4 Å². The van der Waals surface area contributed by atoms with E-state index in [2.05, 4.69) is 5.32 Å². The Bertz CT molecular complexity index is 702. The summed E-state index contributed by atoms with van der Waals surface area (Å²) in [5, 5.41) is 11.7. The molecular weight excluding hydrogens is 264 g/mol. The van der Waals surface area contributed by atoms with Crippen LogP contribution < -0.4 is 5.32 Å². The van der Waals surface area contributed by atoms with Gasteiger partial charge in [0.1, 0.15) is 6.07 Å². The molecular formula is C17H16N2O2. The molecule has 0 amide bonds. The topological polar surface area (TPSA) is 62.1 Å². The molecule has 1 N–H and O–H groups in total. The molecule has 0 saturated heterocycles. The largest absolute Gasteiger partial charge is 0.447 e. The van der Waals surface area contributed by atoms with Gasteiger partial charge in [-0.15, -0.1) is 0 Å². The summed E-state index contributed by atoms with van der Waals surface area (Å²) in [6.45, 7) is 3.80. The second kappa shape index (κ2) is 6.58. The van der Waals surface area contributed by atoms with Crippen molar-refractivity contribution in [2.75, 3.05) is 11.9 Å². The first-order chi connectivity index (χ1) is 10.1. The summed E-state index contributed by atoms with van der Waals surface area (Å²) in [6.07, 6.45) is 0. The Balaban J connectivity index is 2.31. The van der Waals surface area contributed by atoms with E-state index in [4.69, 9.17) is 10.00 Å². The van der Waals surface area contributed by atoms with Crippen LogP contribution in [-0.2, 0) is 4.74 Å². The molecule has 4 heteroatoms. The quantitative estimate of drug-likeness (QED) is 0.867. The molecule has 0 unspecified atom stereocenters. The van der Waals surface area contributed by atoms with Crippen LogP contribution in [0.1, 0.15) is 21.5 Å². The molecule has 2 aromatic carbocycles. The fraction of sp³-hybridized carbons (Fsp3) is 0.176. The lowest BCUT2D eigenvalue weighted by Gasteiger charge is -2.14. The number of anilines is 2. The van der Waals surface area contributed by atoms with Crippen LogP contribution in [-0.4, -0.2) is 12.6 Å². The molecule has 2 rings (SSSR count). The summed E-state index contributed by atoms with van der Waals surface area (Å²) in [5.74, 6) is -0.509. The SMILES string of the molecule is Cc1cccc(Nc2ccccc2C(=O)OCC#N)c1C. The van der Waals surface area contributed by atoms with Crippen LogP contribution in [0, 0.1) is 25.2 Å². The number of hydrogen-bond donors (Lipinski definition) is 1. The second-order valence-electron chi connectivity index (χ2n) is 4.65. The molecule has 0 aliphatic carbocycles. The van der Waals surface area contributed by atoms with Gasteiger partial charge in [0.15, 0.2) is 6.61 Å². The zero-order valence-corrected chi connectivity index (χ0v) is 12.0. The van der Waals surface area contributed by atoms with Crippen molar-refractivity contribution in [2.45, 2.75) is 13.8 Å². The fourth-order valence-electron chi connectivity index (χ4n) is 1.98. The number of benzene rings is 2. The Hall–Kier alpha value is -2.80. The number of nitriles is 1. The maximum Gasteiger partial charge on any atom is 0.341 e. The van der Waals surface area contributed by atoms with Crippen molar-refractivity contribution in [1.82, 2.24) is 0 Å². The lowest BCUT2D eigenvalue weighted by atomic mass is 10.1. The van der Waals surface area contributed by atoms with Gasteiger partial charge in [-0.05, 0) is 43.2 Å². The summed E-state index contributed by atoms with van der Waals surface area (Å²) in [7, 11) is 0. The Labute approximate surface area is 124 Å². The molecule has 0 aromatic heterocycles. The van der Waals surface area contributed by atoms with E-state index in [1.165, 1.54) is 5.56 Å². The summed E-state index contributed by atoms with van der Waals surface area (Å²) < 4.78 is 4.87. The average molecular weight is 280 g/mol. The van der Waals surface area contributed by atoms with Crippen LogP contribution in [0.25, 0.3) is 0 Å². The minimum atomic E-state index is -0.509. The van der Waals surface area contributed by atoms with E-state index in [1.54, 1.807) is 18.2 Å². The zero-order valence-electron chi connectivity index (χ0n) is 12.0. The van der Waals surface area contributed by atoms with Gasteiger partial charge in [-0.1, -0.05) is 24.3 Å². The van der Waals surface area contributed by atoms with Crippen molar-refractivity contribution in [1.29, 1.82) is 5.26 Å². The van der Waals surface area contributed by atoms with Crippen molar-refractivity contribution in [3.63, 3.8) is 0 Å². The first kappa shape index (κ1) is 14.6. The summed E-state index contributed by atoms with van der Waals surface area (Å²) in [4.78, 5) is 12.0. The molecule has 4 nitrogen and oxygen atoms in total. The van der Waals surface area contributed by atoms with Gasteiger partial charge in [0.05, 0.1) is 11.3 Å². The third-order valence-corrected chi connectivity index (χ3v) is 3.29. The highest BCUT2D eigenvalue weighted by Crippen LogP contribution is 2.25. The summed E-state index contributed by atoms with van der Waals surface area (Å²) >= 11 is 0. The standard InChI is InChI=1S/C17H16N2O2/c1-12-6-5-9-15(13(12)2)19-16-8-4-3-7-14(16)17(20)21-11-10-18/h3-9,19H,11H2,1-2H3. The monoisotopic (exact) mass is 280 g/mol. The van der Waals surface area contributed by atoms with Crippen molar-refractivity contribution in [3.05, 3.63) is 59.2 Å². The van der Waals surface area contributed by atoms with Gasteiger partial charge in [0.25, 0.3) is 0 Å². The fourth-order valence-corrected chi connectivity index (χ4v) is 1.98. The highest BCUT2D eigenvalue weighted by molar-refractivity contribution is 5.96. The van der Waals surface area contributed by atoms with Crippen LogP contribution in [0.5, 0.6) is 0 Å². The number of para-hydroxylation sites is 1. The molecule has 0 bridgehead atoms. The number of ether oxygens (including phenoxy) is 1. The summed E-state index contributed by atoms with van der Waals surface area (Å²) in [6, 6.07) is 14.8. The molecule has 0 saturated carbocycles. The van der Waals surface area contributed by atoms with E-state index in [0.717, 1.165) is 11.3 Å². The Kier molecular flexibility index (Phi) is 4.57. The number of rotatable bonds is 4. The van der Waals surface area contributed by atoms with Gasteiger partial charge >= 0.3 is 5.97 Å². The lowest BCUT2D eigenvalue weighted by Crippen LogP contribution is -2.08. The predicted octanol–water partition coefficient (Wildman–Crippen LogP) is 3.73. The molecule has 0 spiro atoms. The smallest absolute Gasteiger partial charge is 0.341 e. The average Bonchev–Trinajstić information content (AvgIpc) is 2.50. The number of nitrogens with one attached hydrogen (secondary N) is 1. The van der Waals surface area contributed by atoms with Gasteiger partial charge in [0.2, 0.25) is 0 Å². The van der Waals surface area contributed by atoms with Crippen LogP contribution in [0.3, 0.4) is 0 Å². The number of hydrogen-bond acceptors (Lipinski definition) is 4. The molecule has 0 atom stereocenters. The van der Waals surface area contributed by atoms with Crippen LogP contribution in [0.15, 0.2) is 42.5 Å². The third kappa shape index (κ3) is 3.40. The van der Waals surface area contributed by atoms with Gasteiger partial charge in [-0.2, -0.15) is 5.26 Å². The maximum atomic E-state index is 12.0.